The molecule has 72 valence electrons. The summed E-state index contributed by atoms with van der Waals surface area (Å²) in [7, 11) is 0. The lowest BCUT2D eigenvalue weighted by molar-refractivity contribution is 0.625. The molecule has 0 saturated heterocycles. The van der Waals surface area contributed by atoms with Crippen LogP contribution in [-0.2, 0) is 0 Å². The van der Waals surface area contributed by atoms with Gasteiger partial charge >= 0.3 is 0 Å². The van der Waals surface area contributed by atoms with Crippen molar-refractivity contribution >= 4 is 21.7 Å². The van der Waals surface area contributed by atoms with Crippen molar-refractivity contribution < 1.29 is 4.39 Å². The molecular weight excluding hydrogens is 249 g/mol. The van der Waals surface area contributed by atoms with Crippen molar-refractivity contribution in [2.75, 3.05) is 5.73 Å². The molecule has 2 rings (SSSR count). The summed E-state index contributed by atoms with van der Waals surface area (Å²) in [5, 5.41) is 4.00. The van der Waals surface area contributed by atoms with Crippen LogP contribution in [0.4, 0.5) is 10.2 Å². The van der Waals surface area contributed by atoms with Crippen molar-refractivity contribution in [3.05, 3.63) is 40.8 Å². The van der Waals surface area contributed by atoms with Gasteiger partial charge < -0.3 is 5.73 Å². The molecule has 14 heavy (non-hydrogen) atoms. The second-order valence-corrected chi connectivity index (χ2v) is 3.62. The molecule has 0 spiro atoms. The number of benzene rings is 1. The Labute approximate surface area is 88.5 Å². The van der Waals surface area contributed by atoms with Crippen molar-refractivity contribution in [1.82, 2.24) is 9.78 Å². The molecule has 3 nitrogen and oxygen atoms in total. The Bertz CT molecular complexity index is 467. The van der Waals surface area contributed by atoms with E-state index in [9.17, 15) is 4.39 Å². The van der Waals surface area contributed by atoms with E-state index < -0.39 is 0 Å². The summed E-state index contributed by atoms with van der Waals surface area (Å²) < 4.78 is 15.1. The maximum Gasteiger partial charge on any atom is 0.141 e. The lowest BCUT2D eigenvalue weighted by atomic mass is 10.3. The topological polar surface area (TPSA) is 43.8 Å². The molecule has 0 saturated carbocycles. The zero-order chi connectivity index (χ0) is 10.1. The Morgan fingerprint density at radius 2 is 2.21 bits per heavy atom. The highest BCUT2D eigenvalue weighted by Crippen LogP contribution is 2.21. The van der Waals surface area contributed by atoms with Gasteiger partial charge in [-0.2, -0.15) is 5.10 Å². The molecule has 0 aliphatic heterocycles. The highest BCUT2D eigenvalue weighted by Gasteiger charge is 2.06. The van der Waals surface area contributed by atoms with Crippen LogP contribution in [0.2, 0.25) is 0 Å². The molecule has 0 aliphatic carbocycles. The van der Waals surface area contributed by atoms with Gasteiger partial charge in [-0.15, -0.1) is 0 Å². The van der Waals surface area contributed by atoms with Crippen LogP contribution >= 0.6 is 15.9 Å². The first-order chi connectivity index (χ1) is 6.68. The second kappa shape index (κ2) is 3.42. The number of halogens is 2. The SMILES string of the molecule is Nc1c(Br)cnn1-c1cccc(F)c1. The molecule has 2 N–H and O–H groups in total. The number of anilines is 1. The fourth-order valence-corrected chi connectivity index (χ4v) is 1.41. The Morgan fingerprint density at radius 3 is 2.79 bits per heavy atom. The number of nitrogen functional groups attached to an aromatic ring is 1. The first-order valence-electron chi connectivity index (χ1n) is 3.93. The van der Waals surface area contributed by atoms with Crippen molar-refractivity contribution in [2.24, 2.45) is 0 Å². The summed E-state index contributed by atoms with van der Waals surface area (Å²) in [4.78, 5) is 0. The lowest BCUT2D eigenvalue weighted by Gasteiger charge is -2.03. The van der Waals surface area contributed by atoms with Crippen LogP contribution in [0.15, 0.2) is 34.9 Å². The fourth-order valence-electron chi connectivity index (χ4n) is 1.15. The van der Waals surface area contributed by atoms with E-state index in [4.69, 9.17) is 5.73 Å². The van der Waals surface area contributed by atoms with Gasteiger partial charge in [0, 0.05) is 0 Å². The van der Waals surface area contributed by atoms with E-state index in [1.807, 2.05) is 0 Å². The number of hydrogen-bond acceptors (Lipinski definition) is 2. The number of nitrogens with zero attached hydrogens (tertiary/aromatic N) is 2. The van der Waals surface area contributed by atoms with Gasteiger partial charge in [0.2, 0.25) is 0 Å². The molecule has 1 aromatic heterocycles. The molecule has 0 fully saturated rings. The summed E-state index contributed by atoms with van der Waals surface area (Å²) in [6, 6.07) is 6.09. The quantitative estimate of drug-likeness (QED) is 0.851. The van der Waals surface area contributed by atoms with Gasteiger partial charge in [-0.1, -0.05) is 6.07 Å². The molecule has 5 heteroatoms. The summed E-state index contributed by atoms with van der Waals surface area (Å²) in [5.74, 6) is 0.143. The third kappa shape index (κ3) is 1.50. The molecule has 2 aromatic rings. The maximum absolute atomic E-state index is 12.9. The van der Waals surface area contributed by atoms with Crippen molar-refractivity contribution in [2.45, 2.75) is 0 Å². The zero-order valence-corrected chi connectivity index (χ0v) is 8.70. The third-order valence-corrected chi connectivity index (χ3v) is 2.42. The first-order valence-corrected chi connectivity index (χ1v) is 4.73. The van der Waals surface area contributed by atoms with Crippen molar-refractivity contribution in [1.29, 1.82) is 0 Å². The molecule has 0 aliphatic rings. The van der Waals surface area contributed by atoms with Gasteiger partial charge in [0.05, 0.1) is 16.4 Å². The zero-order valence-electron chi connectivity index (χ0n) is 7.11. The Hall–Kier alpha value is -1.36. The van der Waals surface area contributed by atoms with Gasteiger partial charge in [0.1, 0.15) is 11.6 Å². The molecular formula is C9H7BrFN3. The van der Waals surface area contributed by atoms with E-state index in [-0.39, 0.29) is 5.82 Å². The van der Waals surface area contributed by atoms with Crippen LogP contribution in [0.3, 0.4) is 0 Å². The fraction of sp³-hybridized carbons (Fsp3) is 0. The predicted octanol–water partition coefficient (Wildman–Crippen LogP) is 2.36. The van der Waals surface area contributed by atoms with Crippen LogP contribution in [0.25, 0.3) is 5.69 Å². The summed E-state index contributed by atoms with van der Waals surface area (Å²) >= 11 is 3.23. The summed E-state index contributed by atoms with van der Waals surface area (Å²) in [6.45, 7) is 0. The molecule has 1 heterocycles. The van der Waals surface area contributed by atoms with E-state index in [0.29, 0.717) is 16.0 Å². The summed E-state index contributed by atoms with van der Waals surface area (Å²) in [6.07, 6.45) is 1.57. The molecule has 1 aromatic carbocycles. The average Bonchev–Trinajstić information content (AvgIpc) is 2.48. The smallest absolute Gasteiger partial charge is 0.141 e. The van der Waals surface area contributed by atoms with Crippen LogP contribution in [0.1, 0.15) is 0 Å². The van der Waals surface area contributed by atoms with E-state index in [1.54, 1.807) is 18.3 Å². The number of hydrogen-bond donors (Lipinski definition) is 1. The number of rotatable bonds is 1. The van der Waals surface area contributed by atoms with Crippen LogP contribution in [-0.4, -0.2) is 9.78 Å². The molecule has 0 bridgehead atoms. The average molecular weight is 256 g/mol. The van der Waals surface area contributed by atoms with E-state index in [0.717, 1.165) is 0 Å². The third-order valence-electron chi connectivity index (χ3n) is 1.81. The van der Waals surface area contributed by atoms with Gasteiger partial charge in [0.15, 0.2) is 0 Å². The largest absolute Gasteiger partial charge is 0.383 e. The highest BCUT2D eigenvalue weighted by molar-refractivity contribution is 9.10. The molecule has 0 unspecified atom stereocenters. The minimum absolute atomic E-state index is 0.312. The van der Waals surface area contributed by atoms with Gasteiger partial charge in [-0.25, -0.2) is 9.07 Å². The predicted molar refractivity (Wildman–Crippen MR) is 55.6 cm³/mol. The lowest BCUT2D eigenvalue weighted by Crippen LogP contribution is -2.01. The minimum atomic E-state index is -0.312. The number of nitrogens with two attached hydrogens (primary N) is 1. The second-order valence-electron chi connectivity index (χ2n) is 2.77. The molecule has 0 amide bonds. The molecule has 0 radical (unpaired) electrons. The molecule has 0 atom stereocenters. The highest BCUT2D eigenvalue weighted by atomic mass is 79.9. The van der Waals surface area contributed by atoms with E-state index in [1.165, 1.54) is 16.8 Å². The normalized spacial score (nSPS) is 10.4. The Morgan fingerprint density at radius 1 is 1.43 bits per heavy atom. The monoisotopic (exact) mass is 255 g/mol. The van der Waals surface area contributed by atoms with Crippen LogP contribution in [0, 0.1) is 5.82 Å². The maximum atomic E-state index is 12.9. The van der Waals surface area contributed by atoms with Crippen molar-refractivity contribution in [3.8, 4) is 5.69 Å². The summed E-state index contributed by atoms with van der Waals surface area (Å²) in [5.41, 5.74) is 6.32. The minimum Gasteiger partial charge on any atom is -0.383 e. The van der Waals surface area contributed by atoms with Crippen molar-refractivity contribution in [3.63, 3.8) is 0 Å². The van der Waals surface area contributed by atoms with Gasteiger partial charge in [0.25, 0.3) is 0 Å². The van der Waals surface area contributed by atoms with Gasteiger partial charge in [-0.3, -0.25) is 0 Å². The van der Waals surface area contributed by atoms with Crippen LogP contribution < -0.4 is 5.73 Å². The van der Waals surface area contributed by atoms with Crippen LogP contribution in [0.5, 0.6) is 0 Å². The van der Waals surface area contributed by atoms with E-state index in [2.05, 4.69) is 21.0 Å². The Kier molecular flexibility index (Phi) is 2.25. The van der Waals surface area contributed by atoms with Gasteiger partial charge in [-0.05, 0) is 34.1 Å². The van der Waals surface area contributed by atoms with E-state index >= 15 is 0 Å². The standard InChI is InChI=1S/C9H7BrFN3/c10-8-5-13-14(9(8)12)7-3-1-2-6(11)4-7/h1-5H,12H2. The Balaban J connectivity index is 2.55. The first kappa shape index (κ1) is 9.21. The number of aromatic nitrogens is 2.